The molecule has 0 aromatic heterocycles. The zero-order chi connectivity index (χ0) is 27.7. The molecule has 2 heteroatoms. The second kappa shape index (κ2) is 17.5. The molecular formula is C38H48N2. The Morgan fingerprint density at radius 1 is 0.525 bits per heavy atom. The van der Waals surface area contributed by atoms with Crippen molar-refractivity contribution in [2.75, 3.05) is 13.1 Å². The fourth-order valence-corrected chi connectivity index (χ4v) is 5.68. The highest BCUT2D eigenvalue weighted by Crippen LogP contribution is 2.29. The van der Waals surface area contributed by atoms with Crippen molar-refractivity contribution in [2.24, 2.45) is 0 Å². The Labute approximate surface area is 243 Å². The Hall–Kier alpha value is -3.20. The SMILES string of the molecule is Cc1ccc(CCNC(CCCCc2ccccc2)C(CCCCNCc2ccccc2)c2ccccc2)cc1. The third kappa shape index (κ3) is 10.8. The van der Waals surface area contributed by atoms with Crippen molar-refractivity contribution >= 4 is 0 Å². The summed E-state index contributed by atoms with van der Waals surface area (Å²) in [5, 5.41) is 7.68. The second-order valence-electron chi connectivity index (χ2n) is 11.2. The molecule has 2 unspecified atom stereocenters. The van der Waals surface area contributed by atoms with Crippen molar-refractivity contribution < 1.29 is 0 Å². The van der Waals surface area contributed by atoms with E-state index in [1.165, 1.54) is 72.8 Å². The standard InChI is InChI=1S/C38H48N2/c1-32-24-26-34(27-25-32)28-30-40-38(23-12-11-17-33-15-5-2-6-16-33)37(36-20-9-4-10-21-36)22-13-14-29-39-31-35-18-7-3-8-19-35/h2-10,15-16,18-21,24-27,37-40H,11-14,17,22-23,28-31H2,1H3. The first kappa shape index (κ1) is 29.8. The molecule has 4 aromatic rings. The summed E-state index contributed by atoms with van der Waals surface area (Å²) >= 11 is 0. The lowest BCUT2D eigenvalue weighted by molar-refractivity contribution is 0.372. The van der Waals surface area contributed by atoms with Crippen LogP contribution in [0.2, 0.25) is 0 Å². The summed E-state index contributed by atoms with van der Waals surface area (Å²) in [5.41, 5.74) is 7.04. The maximum atomic E-state index is 4.04. The van der Waals surface area contributed by atoms with Crippen LogP contribution in [0.25, 0.3) is 0 Å². The predicted molar refractivity (Wildman–Crippen MR) is 172 cm³/mol. The van der Waals surface area contributed by atoms with Gasteiger partial charge in [-0.2, -0.15) is 0 Å². The Morgan fingerprint density at radius 2 is 1.12 bits per heavy atom. The molecule has 0 radical (unpaired) electrons. The molecule has 0 fully saturated rings. The molecule has 2 nitrogen and oxygen atoms in total. The molecule has 0 saturated heterocycles. The molecule has 0 bridgehead atoms. The summed E-state index contributed by atoms with van der Waals surface area (Å²) in [6.45, 7) is 5.20. The third-order valence-electron chi connectivity index (χ3n) is 8.02. The maximum Gasteiger partial charge on any atom is 0.0205 e. The zero-order valence-corrected chi connectivity index (χ0v) is 24.4. The van der Waals surface area contributed by atoms with E-state index in [-0.39, 0.29) is 0 Å². The Balaban J connectivity index is 1.34. The summed E-state index contributed by atoms with van der Waals surface area (Å²) in [5.74, 6) is 0.532. The topological polar surface area (TPSA) is 24.1 Å². The molecule has 4 rings (SSSR count). The minimum absolute atomic E-state index is 0.487. The van der Waals surface area contributed by atoms with Gasteiger partial charge in [0.25, 0.3) is 0 Å². The van der Waals surface area contributed by atoms with Crippen LogP contribution in [0.15, 0.2) is 115 Å². The zero-order valence-electron chi connectivity index (χ0n) is 24.4. The second-order valence-corrected chi connectivity index (χ2v) is 11.2. The van der Waals surface area contributed by atoms with Crippen LogP contribution in [-0.4, -0.2) is 19.1 Å². The van der Waals surface area contributed by atoms with Gasteiger partial charge in [0.2, 0.25) is 0 Å². The van der Waals surface area contributed by atoms with Gasteiger partial charge in [0.1, 0.15) is 0 Å². The molecule has 0 heterocycles. The number of hydrogen-bond acceptors (Lipinski definition) is 2. The van der Waals surface area contributed by atoms with Crippen LogP contribution in [0.4, 0.5) is 0 Å². The van der Waals surface area contributed by atoms with Crippen LogP contribution < -0.4 is 10.6 Å². The van der Waals surface area contributed by atoms with Gasteiger partial charge in [-0.05, 0) is 86.7 Å². The van der Waals surface area contributed by atoms with Gasteiger partial charge in [-0.25, -0.2) is 0 Å². The summed E-state index contributed by atoms with van der Waals surface area (Å²) in [6.07, 6.45) is 9.61. The van der Waals surface area contributed by atoms with E-state index in [0.29, 0.717) is 12.0 Å². The number of benzene rings is 4. The van der Waals surface area contributed by atoms with E-state index in [0.717, 1.165) is 26.1 Å². The van der Waals surface area contributed by atoms with Crippen LogP contribution in [-0.2, 0) is 19.4 Å². The van der Waals surface area contributed by atoms with Crippen LogP contribution in [0.3, 0.4) is 0 Å². The number of nitrogens with one attached hydrogen (secondary N) is 2. The minimum atomic E-state index is 0.487. The Morgan fingerprint density at radius 3 is 1.82 bits per heavy atom. The number of hydrogen-bond donors (Lipinski definition) is 2. The van der Waals surface area contributed by atoms with E-state index >= 15 is 0 Å². The monoisotopic (exact) mass is 532 g/mol. The normalized spacial score (nSPS) is 12.7. The molecule has 0 aliphatic heterocycles. The average Bonchev–Trinajstić information content (AvgIpc) is 3.01. The lowest BCUT2D eigenvalue weighted by atomic mass is 9.84. The molecule has 0 spiro atoms. The van der Waals surface area contributed by atoms with Gasteiger partial charge in [-0.15, -0.1) is 0 Å². The van der Waals surface area contributed by atoms with E-state index in [9.17, 15) is 0 Å². The number of aryl methyl sites for hydroxylation is 2. The molecular weight excluding hydrogens is 484 g/mol. The van der Waals surface area contributed by atoms with Gasteiger partial charge in [0.15, 0.2) is 0 Å². The fourth-order valence-electron chi connectivity index (χ4n) is 5.68. The molecule has 40 heavy (non-hydrogen) atoms. The smallest absolute Gasteiger partial charge is 0.0205 e. The van der Waals surface area contributed by atoms with Gasteiger partial charge in [0, 0.05) is 12.6 Å². The summed E-state index contributed by atoms with van der Waals surface area (Å²) in [6, 6.07) is 42.4. The van der Waals surface area contributed by atoms with Crippen LogP contribution >= 0.6 is 0 Å². The van der Waals surface area contributed by atoms with Gasteiger partial charge < -0.3 is 10.6 Å². The molecule has 210 valence electrons. The quantitative estimate of drug-likeness (QED) is 0.125. The first-order chi connectivity index (χ1) is 19.8. The lowest BCUT2D eigenvalue weighted by Crippen LogP contribution is -2.36. The highest BCUT2D eigenvalue weighted by Gasteiger charge is 2.22. The van der Waals surface area contributed by atoms with Gasteiger partial charge in [-0.3, -0.25) is 0 Å². The number of rotatable bonds is 18. The minimum Gasteiger partial charge on any atom is -0.313 e. The Kier molecular flexibility index (Phi) is 13.0. The average molecular weight is 533 g/mol. The molecule has 0 aliphatic rings. The van der Waals surface area contributed by atoms with E-state index < -0.39 is 0 Å². The maximum absolute atomic E-state index is 4.04. The van der Waals surface area contributed by atoms with Crippen molar-refractivity contribution in [3.8, 4) is 0 Å². The third-order valence-corrected chi connectivity index (χ3v) is 8.02. The molecule has 0 amide bonds. The van der Waals surface area contributed by atoms with Crippen molar-refractivity contribution in [2.45, 2.75) is 76.8 Å². The van der Waals surface area contributed by atoms with Crippen LogP contribution in [0.1, 0.15) is 72.3 Å². The van der Waals surface area contributed by atoms with Crippen molar-refractivity contribution in [1.29, 1.82) is 0 Å². The van der Waals surface area contributed by atoms with Crippen LogP contribution in [0.5, 0.6) is 0 Å². The highest BCUT2D eigenvalue weighted by molar-refractivity contribution is 5.23. The van der Waals surface area contributed by atoms with Gasteiger partial charge >= 0.3 is 0 Å². The van der Waals surface area contributed by atoms with Crippen molar-refractivity contribution in [3.05, 3.63) is 143 Å². The van der Waals surface area contributed by atoms with E-state index in [2.05, 4.69) is 133 Å². The van der Waals surface area contributed by atoms with Gasteiger partial charge in [0.05, 0.1) is 0 Å². The lowest BCUT2D eigenvalue weighted by Gasteiger charge is -2.29. The molecule has 2 N–H and O–H groups in total. The van der Waals surface area contributed by atoms with Crippen molar-refractivity contribution in [3.63, 3.8) is 0 Å². The highest BCUT2D eigenvalue weighted by atomic mass is 14.9. The summed E-state index contributed by atoms with van der Waals surface area (Å²) in [7, 11) is 0. The van der Waals surface area contributed by atoms with Crippen molar-refractivity contribution in [1.82, 2.24) is 10.6 Å². The largest absolute Gasteiger partial charge is 0.313 e. The van der Waals surface area contributed by atoms with Gasteiger partial charge in [-0.1, -0.05) is 134 Å². The predicted octanol–water partition coefficient (Wildman–Crippen LogP) is 8.65. The van der Waals surface area contributed by atoms with E-state index in [1.807, 2.05) is 0 Å². The first-order valence-electron chi connectivity index (χ1n) is 15.4. The van der Waals surface area contributed by atoms with E-state index in [1.54, 1.807) is 0 Å². The molecule has 0 saturated carbocycles. The Bertz CT molecular complexity index is 1170. The summed E-state index contributed by atoms with van der Waals surface area (Å²) in [4.78, 5) is 0. The number of unbranched alkanes of at least 4 members (excludes halogenated alkanes) is 2. The summed E-state index contributed by atoms with van der Waals surface area (Å²) < 4.78 is 0. The van der Waals surface area contributed by atoms with E-state index in [4.69, 9.17) is 0 Å². The fraction of sp³-hybridized carbons (Fsp3) is 0.368. The molecule has 0 aliphatic carbocycles. The first-order valence-corrected chi connectivity index (χ1v) is 15.4. The molecule has 2 atom stereocenters. The molecule has 4 aromatic carbocycles. The van der Waals surface area contributed by atoms with Crippen LogP contribution in [0, 0.1) is 6.92 Å².